The Morgan fingerprint density at radius 2 is 1.56 bits per heavy atom. The minimum absolute atomic E-state index is 0.529. The molecule has 0 unspecified atom stereocenters. The minimum atomic E-state index is 0.529. The summed E-state index contributed by atoms with van der Waals surface area (Å²) in [6.45, 7) is 10.1. The summed E-state index contributed by atoms with van der Waals surface area (Å²) >= 11 is 5.56. The van der Waals surface area contributed by atoms with Gasteiger partial charge in [-0.05, 0) is 29.8 Å². The van der Waals surface area contributed by atoms with E-state index in [2.05, 4.69) is 55.7 Å². The summed E-state index contributed by atoms with van der Waals surface area (Å²) in [7, 11) is 0. The topological polar surface area (TPSA) is 78.0 Å². The van der Waals surface area contributed by atoms with Gasteiger partial charge in [-0.1, -0.05) is 24.3 Å². The zero-order valence-corrected chi connectivity index (χ0v) is 20.4. The van der Waals surface area contributed by atoms with Crippen molar-refractivity contribution in [3.63, 3.8) is 0 Å². The Morgan fingerprint density at radius 1 is 0.882 bits per heavy atom. The van der Waals surface area contributed by atoms with Gasteiger partial charge in [-0.3, -0.25) is 4.90 Å². The predicted molar refractivity (Wildman–Crippen MR) is 138 cm³/mol. The summed E-state index contributed by atoms with van der Waals surface area (Å²) < 4.78 is 11.0. The molecule has 10 heteroatoms. The average Bonchev–Trinajstić information content (AvgIpc) is 2.89. The number of rotatable bonds is 6. The highest BCUT2D eigenvalue weighted by molar-refractivity contribution is 7.80. The van der Waals surface area contributed by atoms with Gasteiger partial charge in [0.25, 0.3) is 0 Å². The zero-order valence-electron chi connectivity index (χ0n) is 19.5. The van der Waals surface area contributed by atoms with Crippen LogP contribution in [0.4, 0.5) is 17.6 Å². The molecule has 1 aromatic heterocycles. The second kappa shape index (κ2) is 11.3. The molecule has 0 atom stereocenters. The van der Waals surface area contributed by atoms with Crippen LogP contribution < -0.4 is 20.4 Å². The quantitative estimate of drug-likeness (QED) is 0.590. The van der Waals surface area contributed by atoms with E-state index in [4.69, 9.17) is 31.7 Å². The van der Waals surface area contributed by atoms with Gasteiger partial charge in [-0.25, -0.2) is 0 Å². The SMILES string of the molecule is S=C(NCCN1CCOCC1)Nc1nc(N2CCOCC2)cc(N2CCc3ccccc3C2)n1. The summed E-state index contributed by atoms with van der Waals surface area (Å²) in [6, 6.07) is 10.7. The number of hydrogen-bond donors (Lipinski definition) is 2. The van der Waals surface area contributed by atoms with Gasteiger partial charge in [0.2, 0.25) is 5.95 Å². The summed E-state index contributed by atoms with van der Waals surface area (Å²) in [5.41, 5.74) is 2.78. The lowest BCUT2D eigenvalue weighted by molar-refractivity contribution is 0.0389. The Labute approximate surface area is 206 Å². The number of nitrogens with one attached hydrogen (secondary N) is 2. The number of ether oxygens (including phenoxy) is 2. The van der Waals surface area contributed by atoms with Gasteiger partial charge in [0.1, 0.15) is 11.6 Å². The van der Waals surface area contributed by atoms with E-state index in [9.17, 15) is 0 Å². The molecule has 0 aliphatic carbocycles. The van der Waals surface area contributed by atoms with Crippen LogP contribution in [0.2, 0.25) is 0 Å². The molecule has 3 aliphatic rings. The average molecular weight is 484 g/mol. The zero-order chi connectivity index (χ0) is 23.2. The van der Waals surface area contributed by atoms with Crippen LogP contribution in [0.3, 0.4) is 0 Å². The summed E-state index contributed by atoms with van der Waals surface area (Å²) in [6.07, 6.45) is 1.01. The Balaban J connectivity index is 1.28. The molecule has 2 saturated heterocycles. The Bertz CT molecular complexity index is 980. The van der Waals surface area contributed by atoms with Crippen LogP contribution in [-0.2, 0) is 22.4 Å². The summed E-state index contributed by atoms with van der Waals surface area (Å²) in [5, 5.41) is 7.07. The van der Waals surface area contributed by atoms with Crippen LogP contribution in [-0.4, -0.2) is 92.2 Å². The first-order chi connectivity index (χ1) is 16.7. The molecule has 34 heavy (non-hydrogen) atoms. The van der Waals surface area contributed by atoms with E-state index in [1.165, 1.54) is 11.1 Å². The first-order valence-corrected chi connectivity index (χ1v) is 12.5. The Morgan fingerprint density at radius 3 is 2.32 bits per heavy atom. The van der Waals surface area contributed by atoms with Crippen LogP contribution in [0, 0.1) is 0 Å². The van der Waals surface area contributed by atoms with Gasteiger partial charge in [0.15, 0.2) is 5.11 Å². The van der Waals surface area contributed by atoms with Gasteiger partial charge in [0, 0.05) is 58.4 Å². The molecule has 2 fully saturated rings. The molecular formula is C24H33N7O2S. The fourth-order valence-electron chi connectivity index (χ4n) is 4.58. The molecule has 0 saturated carbocycles. The number of thiocarbonyl (C=S) groups is 1. The third-order valence-electron chi connectivity index (χ3n) is 6.53. The van der Waals surface area contributed by atoms with E-state index in [0.717, 1.165) is 83.6 Å². The van der Waals surface area contributed by atoms with Gasteiger partial charge in [0.05, 0.1) is 26.4 Å². The third-order valence-corrected chi connectivity index (χ3v) is 6.78. The smallest absolute Gasteiger partial charge is 0.232 e. The van der Waals surface area contributed by atoms with Crippen LogP contribution in [0.25, 0.3) is 0 Å². The molecule has 9 nitrogen and oxygen atoms in total. The monoisotopic (exact) mass is 483 g/mol. The standard InChI is InChI=1S/C24H33N7O2S/c34-24(25-6-8-29-9-13-32-14-10-29)28-23-26-21(30-11-15-33-16-12-30)17-22(27-23)31-7-5-19-3-1-2-4-20(19)18-31/h1-4,17H,5-16,18H2,(H2,25,26,27,28,34). The molecule has 2 N–H and O–H groups in total. The fourth-order valence-corrected chi connectivity index (χ4v) is 4.78. The van der Waals surface area contributed by atoms with E-state index in [0.29, 0.717) is 24.3 Å². The second-order valence-electron chi connectivity index (χ2n) is 8.78. The first-order valence-electron chi connectivity index (χ1n) is 12.1. The van der Waals surface area contributed by atoms with E-state index in [1.807, 2.05) is 0 Å². The molecule has 0 bridgehead atoms. The summed E-state index contributed by atoms with van der Waals surface area (Å²) in [4.78, 5) is 16.6. The number of nitrogens with zero attached hydrogens (tertiary/aromatic N) is 5. The van der Waals surface area contributed by atoms with Crippen LogP contribution in [0.1, 0.15) is 11.1 Å². The molecule has 1 aromatic carbocycles. The van der Waals surface area contributed by atoms with Crippen molar-refractivity contribution in [1.82, 2.24) is 20.2 Å². The van der Waals surface area contributed by atoms with Gasteiger partial charge in [-0.15, -0.1) is 0 Å². The number of benzene rings is 1. The minimum Gasteiger partial charge on any atom is -0.379 e. The lowest BCUT2D eigenvalue weighted by atomic mass is 10.00. The van der Waals surface area contributed by atoms with Crippen molar-refractivity contribution in [2.75, 3.05) is 87.4 Å². The molecule has 5 rings (SSSR count). The largest absolute Gasteiger partial charge is 0.379 e. The van der Waals surface area contributed by atoms with Crippen molar-refractivity contribution in [1.29, 1.82) is 0 Å². The maximum absolute atomic E-state index is 5.56. The second-order valence-corrected chi connectivity index (χ2v) is 9.19. The van der Waals surface area contributed by atoms with Crippen molar-refractivity contribution in [2.24, 2.45) is 0 Å². The van der Waals surface area contributed by atoms with Crippen LogP contribution in [0.15, 0.2) is 30.3 Å². The first kappa shape index (κ1) is 23.2. The molecule has 0 amide bonds. The number of hydrogen-bond acceptors (Lipinski definition) is 8. The van der Waals surface area contributed by atoms with E-state index in [-0.39, 0.29) is 0 Å². The molecule has 3 aliphatic heterocycles. The maximum atomic E-state index is 5.56. The third kappa shape index (κ3) is 5.93. The van der Waals surface area contributed by atoms with Gasteiger partial charge < -0.3 is 29.9 Å². The number of aromatic nitrogens is 2. The highest BCUT2D eigenvalue weighted by Gasteiger charge is 2.21. The summed E-state index contributed by atoms with van der Waals surface area (Å²) in [5.74, 6) is 2.36. The van der Waals surface area contributed by atoms with Crippen LogP contribution >= 0.6 is 12.2 Å². The number of fused-ring (bicyclic) bond motifs is 1. The van der Waals surface area contributed by atoms with Crippen molar-refractivity contribution in [3.8, 4) is 0 Å². The molecule has 0 radical (unpaired) electrons. The molecule has 182 valence electrons. The number of morpholine rings is 2. The maximum Gasteiger partial charge on any atom is 0.232 e. The van der Waals surface area contributed by atoms with E-state index in [1.54, 1.807) is 0 Å². The van der Waals surface area contributed by atoms with Crippen molar-refractivity contribution in [2.45, 2.75) is 13.0 Å². The molecule has 2 aromatic rings. The molecule has 4 heterocycles. The van der Waals surface area contributed by atoms with Gasteiger partial charge >= 0.3 is 0 Å². The lowest BCUT2D eigenvalue weighted by Gasteiger charge is -2.32. The normalized spacial score (nSPS) is 18.9. The molecular weight excluding hydrogens is 450 g/mol. The van der Waals surface area contributed by atoms with Gasteiger partial charge in [-0.2, -0.15) is 9.97 Å². The Kier molecular flexibility index (Phi) is 7.69. The van der Waals surface area contributed by atoms with E-state index < -0.39 is 0 Å². The molecule has 0 spiro atoms. The number of anilines is 3. The van der Waals surface area contributed by atoms with Crippen LogP contribution in [0.5, 0.6) is 0 Å². The highest BCUT2D eigenvalue weighted by Crippen LogP contribution is 2.27. The highest BCUT2D eigenvalue weighted by atomic mass is 32.1. The van der Waals surface area contributed by atoms with Crippen molar-refractivity contribution >= 4 is 34.9 Å². The Hall–Kier alpha value is -2.53. The van der Waals surface area contributed by atoms with Crippen molar-refractivity contribution in [3.05, 3.63) is 41.5 Å². The van der Waals surface area contributed by atoms with Crippen molar-refractivity contribution < 1.29 is 9.47 Å². The van der Waals surface area contributed by atoms with E-state index >= 15 is 0 Å². The predicted octanol–water partition coefficient (Wildman–Crippen LogP) is 1.49. The fraction of sp³-hybridized carbons (Fsp3) is 0.542. The lowest BCUT2D eigenvalue weighted by Crippen LogP contribution is -2.42.